The van der Waals surface area contributed by atoms with Gasteiger partial charge in [-0.05, 0) is 13.0 Å². The summed E-state index contributed by atoms with van der Waals surface area (Å²) in [5, 5.41) is 18.6. The molecule has 18 heavy (non-hydrogen) atoms. The maximum atomic E-state index is 14.4. The fraction of sp³-hybridized carbons (Fsp3) is 0.600. The minimum atomic E-state index is -2.21. The van der Waals surface area contributed by atoms with Gasteiger partial charge in [0.15, 0.2) is 11.9 Å². The first-order valence-corrected chi connectivity index (χ1v) is 5.36. The smallest absolute Gasteiger partial charge is 0.351 e. The van der Waals surface area contributed by atoms with Crippen molar-refractivity contribution in [3.8, 4) is 0 Å². The molecule has 1 saturated heterocycles. The number of hydrogen-bond donors (Lipinski definition) is 3. The zero-order valence-corrected chi connectivity index (χ0v) is 9.65. The molecule has 1 aromatic rings. The van der Waals surface area contributed by atoms with Crippen molar-refractivity contribution >= 4 is 5.82 Å². The van der Waals surface area contributed by atoms with Crippen molar-refractivity contribution < 1.29 is 19.3 Å². The highest BCUT2D eigenvalue weighted by atomic mass is 19.1. The zero-order chi connectivity index (χ0) is 13.5. The monoisotopic (exact) mass is 259 g/mol. The number of halogens is 1. The van der Waals surface area contributed by atoms with E-state index in [1.165, 1.54) is 12.3 Å². The van der Waals surface area contributed by atoms with E-state index in [4.69, 9.17) is 15.6 Å². The Bertz CT molecular complexity index is 504. The van der Waals surface area contributed by atoms with Crippen LogP contribution in [-0.4, -0.2) is 44.2 Å². The number of alkyl halides is 1. The van der Waals surface area contributed by atoms with Gasteiger partial charge in [-0.2, -0.15) is 4.98 Å². The van der Waals surface area contributed by atoms with Crippen LogP contribution < -0.4 is 11.4 Å². The van der Waals surface area contributed by atoms with Gasteiger partial charge in [0.05, 0.1) is 6.61 Å². The van der Waals surface area contributed by atoms with Crippen molar-refractivity contribution in [3.05, 3.63) is 22.7 Å². The lowest BCUT2D eigenvalue weighted by Crippen LogP contribution is -2.42. The summed E-state index contributed by atoms with van der Waals surface area (Å²) in [7, 11) is 0. The van der Waals surface area contributed by atoms with Crippen LogP contribution >= 0.6 is 0 Å². The predicted octanol–water partition coefficient (Wildman–Crippen LogP) is -1.20. The molecule has 2 heterocycles. The third-order valence-electron chi connectivity index (χ3n) is 3.00. The normalized spacial score (nSPS) is 35.9. The van der Waals surface area contributed by atoms with Gasteiger partial charge in [0, 0.05) is 6.20 Å². The van der Waals surface area contributed by atoms with Crippen LogP contribution in [0.1, 0.15) is 13.2 Å². The summed E-state index contributed by atoms with van der Waals surface area (Å²) in [6.07, 6.45) is -2.74. The van der Waals surface area contributed by atoms with E-state index >= 15 is 0 Å². The van der Waals surface area contributed by atoms with Crippen molar-refractivity contribution in [2.24, 2.45) is 0 Å². The van der Waals surface area contributed by atoms with Gasteiger partial charge < -0.3 is 20.7 Å². The van der Waals surface area contributed by atoms with Gasteiger partial charge in [-0.1, -0.05) is 0 Å². The number of nitrogen functional groups attached to an aromatic ring is 1. The Morgan fingerprint density at radius 3 is 2.89 bits per heavy atom. The van der Waals surface area contributed by atoms with Crippen LogP contribution in [0.25, 0.3) is 0 Å². The number of aromatic nitrogens is 2. The molecule has 0 bridgehead atoms. The first kappa shape index (κ1) is 12.9. The number of aliphatic hydroxyl groups is 2. The van der Waals surface area contributed by atoms with Gasteiger partial charge >= 0.3 is 5.69 Å². The van der Waals surface area contributed by atoms with Crippen LogP contribution in [0.3, 0.4) is 0 Å². The van der Waals surface area contributed by atoms with E-state index in [0.29, 0.717) is 0 Å². The minimum Gasteiger partial charge on any atom is -0.394 e. The quantitative estimate of drug-likeness (QED) is 0.615. The Morgan fingerprint density at radius 2 is 2.39 bits per heavy atom. The Balaban J connectivity index is 2.42. The number of ether oxygens (including phenoxy) is 1. The highest BCUT2D eigenvalue weighted by Crippen LogP contribution is 2.40. The van der Waals surface area contributed by atoms with E-state index in [1.807, 2.05) is 0 Å². The number of aliphatic hydroxyl groups excluding tert-OH is 2. The number of nitrogens with two attached hydrogens (primary N) is 1. The second-order valence-corrected chi connectivity index (χ2v) is 4.35. The van der Waals surface area contributed by atoms with Gasteiger partial charge in [-0.15, -0.1) is 0 Å². The number of anilines is 1. The summed E-state index contributed by atoms with van der Waals surface area (Å²) in [4.78, 5) is 15.1. The van der Waals surface area contributed by atoms with Gasteiger partial charge in [-0.25, -0.2) is 9.18 Å². The largest absolute Gasteiger partial charge is 0.394 e. The molecule has 1 aromatic heterocycles. The summed E-state index contributed by atoms with van der Waals surface area (Å²) in [6, 6.07) is 1.32. The highest BCUT2D eigenvalue weighted by molar-refractivity contribution is 5.23. The molecular weight excluding hydrogens is 245 g/mol. The molecule has 0 amide bonds. The molecule has 8 heteroatoms. The Kier molecular flexibility index (Phi) is 3.09. The maximum Gasteiger partial charge on any atom is 0.351 e. The fourth-order valence-corrected chi connectivity index (χ4v) is 1.97. The zero-order valence-electron chi connectivity index (χ0n) is 9.65. The van der Waals surface area contributed by atoms with E-state index < -0.39 is 36.4 Å². The Labute approximate surface area is 102 Å². The molecule has 0 spiro atoms. The van der Waals surface area contributed by atoms with Gasteiger partial charge in [0.2, 0.25) is 0 Å². The average Bonchev–Trinajstić information content (AvgIpc) is 2.52. The number of rotatable bonds is 2. The van der Waals surface area contributed by atoms with Crippen LogP contribution in [0.5, 0.6) is 0 Å². The number of hydrogen-bond acceptors (Lipinski definition) is 6. The molecule has 7 nitrogen and oxygen atoms in total. The van der Waals surface area contributed by atoms with Crippen molar-refractivity contribution in [2.45, 2.75) is 31.0 Å². The highest BCUT2D eigenvalue weighted by Gasteiger charge is 2.55. The van der Waals surface area contributed by atoms with E-state index in [0.717, 1.165) is 11.5 Å². The molecule has 1 aliphatic heterocycles. The van der Waals surface area contributed by atoms with Crippen LogP contribution in [0, 0.1) is 0 Å². The van der Waals surface area contributed by atoms with Crippen molar-refractivity contribution in [1.29, 1.82) is 0 Å². The van der Waals surface area contributed by atoms with Gasteiger partial charge in [0.1, 0.15) is 18.0 Å². The molecule has 4 N–H and O–H groups in total. The summed E-state index contributed by atoms with van der Waals surface area (Å²) in [5.41, 5.74) is 2.33. The first-order valence-electron chi connectivity index (χ1n) is 5.36. The lowest BCUT2D eigenvalue weighted by Gasteiger charge is -2.24. The van der Waals surface area contributed by atoms with Crippen LogP contribution in [-0.2, 0) is 4.74 Å². The molecule has 0 saturated carbocycles. The first-order chi connectivity index (χ1) is 8.37. The Hall–Kier alpha value is -1.51. The fourth-order valence-electron chi connectivity index (χ4n) is 1.97. The average molecular weight is 259 g/mol. The van der Waals surface area contributed by atoms with Gasteiger partial charge in [-0.3, -0.25) is 4.57 Å². The number of nitrogens with zero attached hydrogens (tertiary/aromatic N) is 2. The lowest BCUT2D eigenvalue weighted by atomic mass is 9.98. The molecule has 0 aromatic carbocycles. The molecule has 1 fully saturated rings. The summed E-state index contributed by atoms with van der Waals surface area (Å²) in [6.45, 7) is 0.551. The summed E-state index contributed by atoms with van der Waals surface area (Å²) < 4.78 is 20.4. The van der Waals surface area contributed by atoms with Crippen LogP contribution in [0.2, 0.25) is 0 Å². The van der Waals surface area contributed by atoms with Crippen LogP contribution in [0.4, 0.5) is 10.2 Å². The molecule has 0 unspecified atom stereocenters. The SMILES string of the molecule is C[C@@]1(F)[C@@H](O)[C@@H](CO)O[C@H]1n1ccc(N)nc1=O. The predicted molar refractivity (Wildman–Crippen MR) is 59.4 cm³/mol. The van der Waals surface area contributed by atoms with Crippen molar-refractivity contribution in [2.75, 3.05) is 12.3 Å². The third kappa shape index (κ3) is 1.88. The molecule has 1 aliphatic rings. The molecule has 2 rings (SSSR count). The Morgan fingerprint density at radius 1 is 1.72 bits per heavy atom. The van der Waals surface area contributed by atoms with Crippen molar-refractivity contribution in [1.82, 2.24) is 9.55 Å². The topological polar surface area (TPSA) is 111 Å². The van der Waals surface area contributed by atoms with Crippen molar-refractivity contribution in [3.63, 3.8) is 0 Å². The lowest BCUT2D eigenvalue weighted by molar-refractivity contribution is -0.0610. The third-order valence-corrected chi connectivity index (χ3v) is 3.00. The molecule has 100 valence electrons. The molecular formula is C10H14FN3O4. The summed E-state index contributed by atoms with van der Waals surface area (Å²) >= 11 is 0. The minimum absolute atomic E-state index is 0.00839. The standard InChI is InChI=1S/C10H14FN3O4/c1-10(11)7(16)5(4-15)18-8(10)14-3-2-6(12)13-9(14)17/h2-3,5,7-8,15-16H,4H2,1H3,(H2,12,13,17)/t5-,7+,8-,10-/m1/s1. The molecule has 0 radical (unpaired) electrons. The van der Waals surface area contributed by atoms with E-state index in [1.54, 1.807) is 0 Å². The molecule has 4 atom stereocenters. The molecule has 0 aliphatic carbocycles. The summed E-state index contributed by atoms with van der Waals surface area (Å²) in [5.74, 6) is 0.00839. The van der Waals surface area contributed by atoms with Crippen LogP contribution in [0.15, 0.2) is 17.1 Å². The van der Waals surface area contributed by atoms with E-state index in [-0.39, 0.29) is 5.82 Å². The second-order valence-electron chi connectivity index (χ2n) is 4.35. The maximum absolute atomic E-state index is 14.4. The van der Waals surface area contributed by atoms with E-state index in [9.17, 15) is 14.3 Å². The second kappa shape index (κ2) is 4.30. The van der Waals surface area contributed by atoms with Gasteiger partial charge in [0.25, 0.3) is 0 Å². The van der Waals surface area contributed by atoms with E-state index in [2.05, 4.69) is 4.98 Å².